The fraction of sp³-hybridized carbons (Fsp3) is 0.417. The number of nitrogens with two attached hydrogens (primary N) is 1. The van der Waals surface area contributed by atoms with E-state index in [1.807, 2.05) is 6.92 Å². The maximum atomic E-state index is 10.8. The molecule has 3 N–H and O–H groups in total. The number of carbonyl (C=O) groups is 1. The van der Waals surface area contributed by atoms with E-state index >= 15 is 0 Å². The summed E-state index contributed by atoms with van der Waals surface area (Å²) in [5.41, 5.74) is 4.52. The molecule has 1 unspecified atom stereocenters. The normalized spacial score (nSPS) is 14.4. The molecule has 1 rings (SSSR count). The highest BCUT2D eigenvalue weighted by Gasteiger charge is 2.29. The van der Waals surface area contributed by atoms with Gasteiger partial charge in [0, 0.05) is 22.0 Å². The SMILES string of the molecule is CCC(O)(CCC(N)=O)c1ccc(Cl)cc1Cl. The van der Waals surface area contributed by atoms with Gasteiger partial charge >= 0.3 is 0 Å². The van der Waals surface area contributed by atoms with Gasteiger partial charge in [0.1, 0.15) is 0 Å². The van der Waals surface area contributed by atoms with Gasteiger partial charge in [0.25, 0.3) is 0 Å². The van der Waals surface area contributed by atoms with Gasteiger partial charge in [0.05, 0.1) is 5.60 Å². The Labute approximate surface area is 111 Å². The second-order valence-electron chi connectivity index (χ2n) is 3.98. The van der Waals surface area contributed by atoms with Crippen LogP contribution < -0.4 is 5.73 Å². The summed E-state index contributed by atoms with van der Waals surface area (Å²) in [6.07, 6.45) is 0.811. The van der Waals surface area contributed by atoms with Gasteiger partial charge in [-0.2, -0.15) is 0 Å². The number of aliphatic hydroxyl groups is 1. The maximum Gasteiger partial charge on any atom is 0.217 e. The largest absolute Gasteiger partial charge is 0.385 e. The first-order chi connectivity index (χ1) is 7.89. The minimum Gasteiger partial charge on any atom is -0.385 e. The molecule has 0 heterocycles. The minimum atomic E-state index is -1.14. The second-order valence-corrected chi connectivity index (χ2v) is 4.82. The van der Waals surface area contributed by atoms with Crippen LogP contribution in [0.15, 0.2) is 18.2 Å². The highest BCUT2D eigenvalue weighted by molar-refractivity contribution is 6.35. The average molecular weight is 276 g/mol. The first-order valence-electron chi connectivity index (χ1n) is 5.35. The van der Waals surface area contributed by atoms with Crippen molar-refractivity contribution in [2.45, 2.75) is 31.8 Å². The summed E-state index contributed by atoms with van der Waals surface area (Å²) in [5, 5.41) is 11.4. The highest BCUT2D eigenvalue weighted by atomic mass is 35.5. The van der Waals surface area contributed by atoms with Gasteiger partial charge in [-0.3, -0.25) is 4.79 Å². The second kappa shape index (κ2) is 5.71. The molecule has 0 aliphatic carbocycles. The Morgan fingerprint density at radius 1 is 1.47 bits per heavy atom. The third-order valence-electron chi connectivity index (χ3n) is 2.80. The van der Waals surface area contributed by atoms with Crippen LogP contribution in [0.5, 0.6) is 0 Å². The zero-order valence-electron chi connectivity index (χ0n) is 9.54. The number of primary amides is 1. The molecule has 0 radical (unpaired) electrons. The van der Waals surface area contributed by atoms with E-state index in [0.29, 0.717) is 22.0 Å². The molecule has 0 aliphatic rings. The van der Waals surface area contributed by atoms with Crippen LogP contribution in [-0.4, -0.2) is 11.0 Å². The van der Waals surface area contributed by atoms with Gasteiger partial charge < -0.3 is 10.8 Å². The monoisotopic (exact) mass is 275 g/mol. The van der Waals surface area contributed by atoms with Crippen molar-refractivity contribution in [3.63, 3.8) is 0 Å². The summed E-state index contributed by atoms with van der Waals surface area (Å²) in [6, 6.07) is 4.91. The third-order valence-corrected chi connectivity index (χ3v) is 3.35. The lowest BCUT2D eigenvalue weighted by molar-refractivity contribution is -0.119. The van der Waals surface area contributed by atoms with Crippen LogP contribution in [0.25, 0.3) is 0 Å². The topological polar surface area (TPSA) is 63.3 Å². The molecule has 1 aromatic carbocycles. The van der Waals surface area contributed by atoms with Crippen LogP contribution in [0.2, 0.25) is 10.0 Å². The molecule has 0 aromatic heterocycles. The highest BCUT2D eigenvalue weighted by Crippen LogP contribution is 2.35. The average Bonchev–Trinajstić information content (AvgIpc) is 2.26. The molecule has 0 bridgehead atoms. The van der Waals surface area contributed by atoms with E-state index in [2.05, 4.69) is 0 Å². The third kappa shape index (κ3) is 3.60. The van der Waals surface area contributed by atoms with Gasteiger partial charge in [0.15, 0.2) is 0 Å². The fourth-order valence-electron chi connectivity index (χ4n) is 1.70. The Morgan fingerprint density at radius 3 is 2.59 bits per heavy atom. The van der Waals surface area contributed by atoms with E-state index in [0.717, 1.165) is 0 Å². The molecular weight excluding hydrogens is 261 g/mol. The predicted octanol–water partition coefficient (Wildman–Crippen LogP) is 2.86. The van der Waals surface area contributed by atoms with Crippen LogP contribution >= 0.6 is 23.2 Å². The molecule has 3 nitrogen and oxygen atoms in total. The van der Waals surface area contributed by atoms with Gasteiger partial charge in [-0.05, 0) is 25.0 Å². The summed E-state index contributed by atoms with van der Waals surface area (Å²) in [7, 11) is 0. The molecular formula is C12H15Cl2NO2. The lowest BCUT2D eigenvalue weighted by Crippen LogP contribution is -2.27. The number of carbonyl (C=O) groups excluding carboxylic acids is 1. The predicted molar refractivity (Wildman–Crippen MR) is 69.1 cm³/mol. The molecule has 0 fully saturated rings. The van der Waals surface area contributed by atoms with E-state index in [1.54, 1.807) is 18.2 Å². The Bertz CT molecular complexity index is 423. The van der Waals surface area contributed by atoms with Crippen LogP contribution in [0.3, 0.4) is 0 Å². The molecule has 0 spiro atoms. The van der Waals surface area contributed by atoms with Crippen molar-refractivity contribution in [1.29, 1.82) is 0 Å². The maximum absolute atomic E-state index is 10.8. The first kappa shape index (κ1) is 14.3. The van der Waals surface area contributed by atoms with Crippen molar-refractivity contribution in [2.75, 3.05) is 0 Å². The number of benzene rings is 1. The van der Waals surface area contributed by atoms with E-state index in [4.69, 9.17) is 28.9 Å². The molecule has 94 valence electrons. The standard InChI is InChI=1S/C12H15Cl2NO2/c1-2-12(17,6-5-11(15)16)9-4-3-8(13)7-10(9)14/h3-4,7,17H,2,5-6H2,1H3,(H2,15,16). The van der Waals surface area contributed by atoms with Crippen molar-refractivity contribution in [2.24, 2.45) is 5.73 Å². The summed E-state index contributed by atoms with van der Waals surface area (Å²) in [6.45, 7) is 1.83. The molecule has 5 heteroatoms. The quantitative estimate of drug-likeness (QED) is 0.868. The van der Waals surface area contributed by atoms with E-state index in [-0.39, 0.29) is 12.8 Å². The van der Waals surface area contributed by atoms with Crippen molar-refractivity contribution in [1.82, 2.24) is 0 Å². The number of halogens is 2. The van der Waals surface area contributed by atoms with Gasteiger partial charge in [-0.15, -0.1) is 0 Å². The van der Waals surface area contributed by atoms with E-state index in [1.165, 1.54) is 0 Å². The number of hydrogen-bond donors (Lipinski definition) is 2. The molecule has 1 amide bonds. The number of rotatable bonds is 5. The van der Waals surface area contributed by atoms with Crippen molar-refractivity contribution in [3.05, 3.63) is 33.8 Å². The Kier molecular flexibility index (Phi) is 4.80. The lowest BCUT2D eigenvalue weighted by Gasteiger charge is -2.28. The van der Waals surface area contributed by atoms with Gasteiger partial charge in [0.2, 0.25) is 5.91 Å². The van der Waals surface area contributed by atoms with Crippen molar-refractivity contribution >= 4 is 29.1 Å². The summed E-state index contributed by atoms with van der Waals surface area (Å²) in [5.74, 6) is -0.443. The van der Waals surface area contributed by atoms with Gasteiger partial charge in [-0.1, -0.05) is 36.2 Å². The van der Waals surface area contributed by atoms with E-state index in [9.17, 15) is 9.90 Å². The molecule has 17 heavy (non-hydrogen) atoms. The van der Waals surface area contributed by atoms with Crippen molar-refractivity contribution in [3.8, 4) is 0 Å². The lowest BCUT2D eigenvalue weighted by atomic mass is 9.86. The van der Waals surface area contributed by atoms with Crippen LogP contribution in [-0.2, 0) is 10.4 Å². The Morgan fingerprint density at radius 2 is 2.12 bits per heavy atom. The number of amides is 1. The summed E-state index contributed by atoms with van der Waals surface area (Å²) >= 11 is 11.8. The summed E-state index contributed by atoms with van der Waals surface area (Å²) in [4.78, 5) is 10.8. The van der Waals surface area contributed by atoms with E-state index < -0.39 is 11.5 Å². The Balaban J connectivity index is 3.02. The smallest absolute Gasteiger partial charge is 0.217 e. The molecule has 0 aliphatic heterocycles. The first-order valence-corrected chi connectivity index (χ1v) is 6.11. The summed E-state index contributed by atoms with van der Waals surface area (Å²) < 4.78 is 0. The zero-order valence-corrected chi connectivity index (χ0v) is 11.1. The number of hydrogen-bond acceptors (Lipinski definition) is 2. The minimum absolute atomic E-state index is 0.114. The zero-order chi connectivity index (χ0) is 13.1. The van der Waals surface area contributed by atoms with Gasteiger partial charge in [-0.25, -0.2) is 0 Å². The van der Waals surface area contributed by atoms with Crippen LogP contribution in [0.4, 0.5) is 0 Å². The van der Waals surface area contributed by atoms with Crippen LogP contribution in [0, 0.1) is 0 Å². The Hall–Kier alpha value is -0.770. The molecule has 1 atom stereocenters. The molecule has 0 saturated carbocycles. The molecule has 1 aromatic rings. The fourth-order valence-corrected chi connectivity index (χ4v) is 2.28. The van der Waals surface area contributed by atoms with Crippen LogP contribution in [0.1, 0.15) is 31.7 Å². The molecule has 0 saturated heterocycles. The van der Waals surface area contributed by atoms with Crippen molar-refractivity contribution < 1.29 is 9.90 Å².